The maximum atomic E-state index is 13.4. The third kappa shape index (κ3) is 2.68. The molecule has 0 radical (unpaired) electrons. The summed E-state index contributed by atoms with van der Waals surface area (Å²) in [6.45, 7) is 3.80. The zero-order valence-electron chi connectivity index (χ0n) is 16.0. The van der Waals surface area contributed by atoms with Crippen LogP contribution >= 0.6 is 0 Å². The van der Waals surface area contributed by atoms with Crippen LogP contribution < -0.4 is 20.3 Å². The highest BCUT2D eigenvalue weighted by Gasteiger charge is 2.31. The van der Waals surface area contributed by atoms with Gasteiger partial charge in [-0.25, -0.2) is 4.98 Å². The molecule has 148 valence electrons. The Morgan fingerprint density at radius 3 is 2.90 bits per heavy atom. The van der Waals surface area contributed by atoms with E-state index in [4.69, 9.17) is 9.47 Å². The molecule has 6 rings (SSSR count). The van der Waals surface area contributed by atoms with E-state index in [9.17, 15) is 4.79 Å². The topological polar surface area (TPSA) is 70.3 Å². The minimum atomic E-state index is 0.0455. The van der Waals surface area contributed by atoms with Gasteiger partial charge in [0.15, 0.2) is 11.5 Å². The van der Waals surface area contributed by atoms with Gasteiger partial charge >= 0.3 is 0 Å². The second kappa shape index (κ2) is 6.49. The van der Waals surface area contributed by atoms with Crippen LogP contribution in [0.4, 0.5) is 0 Å². The van der Waals surface area contributed by atoms with Gasteiger partial charge in [-0.15, -0.1) is 0 Å². The van der Waals surface area contributed by atoms with Crippen molar-refractivity contribution in [1.29, 1.82) is 0 Å². The van der Waals surface area contributed by atoms with Crippen molar-refractivity contribution in [2.45, 2.75) is 18.9 Å². The Kier molecular flexibility index (Phi) is 3.77. The van der Waals surface area contributed by atoms with Gasteiger partial charge in [-0.05, 0) is 43.1 Å². The lowest BCUT2D eigenvalue weighted by atomic mass is 9.84. The minimum absolute atomic E-state index is 0.0455. The predicted octanol–water partition coefficient (Wildman–Crippen LogP) is 2.18. The zero-order chi connectivity index (χ0) is 19.4. The van der Waals surface area contributed by atoms with Crippen molar-refractivity contribution in [1.82, 2.24) is 19.4 Å². The molecule has 0 aliphatic carbocycles. The Labute approximate surface area is 167 Å². The molecule has 3 aliphatic rings. The van der Waals surface area contributed by atoms with Crippen LogP contribution in [-0.2, 0) is 6.54 Å². The van der Waals surface area contributed by atoms with Gasteiger partial charge in [-0.1, -0.05) is 0 Å². The SMILES string of the molecule is O=c1c(-c2nccn2-c2ccc3c(c2)OCCO3)ccc2n1C[C@@H]1CNC[C@H]2C1. The Morgan fingerprint density at radius 2 is 1.97 bits per heavy atom. The summed E-state index contributed by atoms with van der Waals surface area (Å²) in [4.78, 5) is 17.9. The molecule has 1 fully saturated rings. The van der Waals surface area contributed by atoms with E-state index in [0.29, 0.717) is 36.4 Å². The molecule has 5 heterocycles. The molecule has 2 bridgehead atoms. The molecule has 0 saturated carbocycles. The van der Waals surface area contributed by atoms with Gasteiger partial charge in [-0.2, -0.15) is 0 Å². The second-order valence-electron chi connectivity index (χ2n) is 7.99. The van der Waals surface area contributed by atoms with E-state index in [-0.39, 0.29) is 5.56 Å². The highest BCUT2D eigenvalue weighted by molar-refractivity contribution is 5.60. The van der Waals surface area contributed by atoms with Crippen LogP contribution in [0, 0.1) is 5.92 Å². The summed E-state index contributed by atoms with van der Waals surface area (Å²) in [5.74, 6) is 3.05. The number of hydrogen-bond acceptors (Lipinski definition) is 5. The molecule has 7 nitrogen and oxygen atoms in total. The van der Waals surface area contributed by atoms with Crippen molar-refractivity contribution in [2.75, 3.05) is 26.3 Å². The molecule has 2 aromatic heterocycles. The van der Waals surface area contributed by atoms with Crippen LogP contribution in [0.15, 0.2) is 47.5 Å². The molecule has 0 spiro atoms. The molecule has 1 N–H and O–H groups in total. The number of nitrogens with one attached hydrogen (secondary N) is 1. The van der Waals surface area contributed by atoms with Crippen LogP contribution in [-0.4, -0.2) is 40.4 Å². The normalized spacial score (nSPS) is 22.2. The molecule has 1 aromatic carbocycles. The number of hydrogen-bond donors (Lipinski definition) is 1. The fourth-order valence-corrected chi connectivity index (χ4v) is 4.85. The third-order valence-electron chi connectivity index (χ3n) is 6.19. The maximum Gasteiger partial charge on any atom is 0.261 e. The lowest BCUT2D eigenvalue weighted by Crippen LogP contribution is -2.45. The first-order valence-electron chi connectivity index (χ1n) is 10.2. The summed E-state index contributed by atoms with van der Waals surface area (Å²) in [6, 6.07) is 9.84. The van der Waals surface area contributed by atoms with Gasteiger partial charge in [0, 0.05) is 43.2 Å². The van der Waals surface area contributed by atoms with Gasteiger partial charge in [0.2, 0.25) is 0 Å². The van der Waals surface area contributed by atoms with Gasteiger partial charge in [0.1, 0.15) is 19.0 Å². The van der Waals surface area contributed by atoms with Gasteiger partial charge in [0.25, 0.3) is 5.56 Å². The molecular weight excluding hydrogens is 368 g/mol. The quantitative estimate of drug-likeness (QED) is 0.726. The van der Waals surface area contributed by atoms with E-state index in [1.807, 2.05) is 39.6 Å². The first-order chi connectivity index (χ1) is 14.3. The number of nitrogens with zero attached hydrogens (tertiary/aromatic N) is 3. The van der Waals surface area contributed by atoms with Crippen molar-refractivity contribution in [3.05, 3.63) is 58.8 Å². The van der Waals surface area contributed by atoms with Gasteiger partial charge in [0.05, 0.1) is 11.3 Å². The van der Waals surface area contributed by atoms with Crippen LogP contribution in [0.25, 0.3) is 17.1 Å². The highest BCUT2D eigenvalue weighted by Crippen LogP contribution is 2.34. The molecule has 29 heavy (non-hydrogen) atoms. The van der Waals surface area contributed by atoms with E-state index in [2.05, 4.69) is 16.4 Å². The fraction of sp³-hybridized carbons (Fsp3) is 0.364. The predicted molar refractivity (Wildman–Crippen MR) is 108 cm³/mol. The summed E-state index contributed by atoms with van der Waals surface area (Å²) >= 11 is 0. The van der Waals surface area contributed by atoms with Crippen LogP contribution in [0.1, 0.15) is 18.0 Å². The minimum Gasteiger partial charge on any atom is -0.486 e. The van der Waals surface area contributed by atoms with E-state index in [0.717, 1.165) is 48.9 Å². The lowest BCUT2D eigenvalue weighted by molar-refractivity contribution is 0.171. The molecule has 3 aliphatic heterocycles. The average molecular weight is 390 g/mol. The average Bonchev–Trinajstić information content (AvgIpc) is 3.24. The summed E-state index contributed by atoms with van der Waals surface area (Å²) in [5.41, 5.74) is 2.70. The molecule has 2 atom stereocenters. The monoisotopic (exact) mass is 390 g/mol. The molecule has 1 saturated heterocycles. The number of imidazole rings is 1. The number of pyridine rings is 1. The van der Waals surface area contributed by atoms with Crippen molar-refractivity contribution in [3.63, 3.8) is 0 Å². The molecule has 3 aromatic rings. The van der Waals surface area contributed by atoms with Crippen molar-refractivity contribution in [2.24, 2.45) is 5.92 Å². The smallest absolute Gasteiger partial charge is 0.261 e. The molecular formula is C22H22N4O3. The van der Waals surface area contributed by atoms with Crippen molar-refractivity contribution in [3.8, 4) is 28.6 Å². The largest absolute Gasteiger partial charge is 0.486 e. The van der Waals surface area contributed by atoms with E-state index < -0.39 is 0 Å². The third-order valence-corrected chi connectivity index (χ3v) is 6.19. The number of benzene rings is 1. The van der Waals surface area contributed by atoms with E-state index >= 15 is 0 Å². The van der Waals surface area contributed by atoms with Crippen LogP contribution in [0.3, 0.4) is 0 Å². The summed E-state index contributed by atoms with van der Waals surface area (Å²) in [5, 5.41) is 3.49. The Balaban J connectivity index is 1.45. The summed E-state index contributed by atoms with van der Waals surface area (Å²) < 4.78 is 15.2. The number of ether oxygens (including phenoxy) is 2. The summed E-state index contributed by atoms with van der Waals surface area (Å²) in [7, 11) is 0. The maximum absolute atomic E-state index is 13.4. The van der Waals surface area contributed by atoms with E-state index in [1.54, 1.807) is 6.20 Å². The second-order valence-corrected chi connectivity index (χ2v) is 7.99. The van der Waals surface area contributed by atoms with E-state index in [1.165, 1.54) is 0 Å². The molecule has 0 amide bonds. The number of aromatic nitrogens is 3. The Bertz CT molecular complexity index is 1150. The highest BCUT2D eigenvalue weighted by atomic mass is 16.6. The van der Waals surface area contributed by atoms with Crippen molar-refractivity contribution >= 4 is 0 Å². The first-order valence-corrected chi connectivity index (χ1v) is 10.2. The van der Waals surface area contributed by atoms with Crippen LogP contribution in [0.5, 0.6) is 11.5 Å². The van der Waals surface area contributed by atoms with Gasteiger partial charge in [-0.3, -0.25) is 9.36 Å². The molecule has 7 heteroatoms. The van der Waals surface area contributed by atoms with Crippen molar-refractivity contribution < 1.29 is 9.47 Å². The Morgan fingerprint density at radius 1 is 1.07 bits per heavy atom. The van der Waals surface area contributed by atoms with Gasteiger partial charge < -0.3 is 19.4 Å². The number of rotatable bonds is 2. The number of fused-ring (bicyclic) bond motifs is 5. The number of piperidine rings is 1. The van der Waals surface area contributed by atoms with Crippen LogP contribution in [0.2, 0.25) is 0 Å². The molecule has 0 unspecified atom stereocenters. The standard InChI is InChI=1S/C22H22N4O3/c27-22-17(2-3-18-15-9-14(11-23-12-15)13-26(18)22)21-24-5-6-25(21)16-1-4-19-20(10-16)29-8-7-28-19/h1-6,10,14-15,23H,7-9,11-13H2/t14-,15+/m0/s1. The summed E-state index contributed by atoms with van der Waals surface area (Å²) in [6.07, 6.45) is 4.77. The lowest BCUT2D eigenvalue weighted by Gasteiger charge is -2.37. The first kappa shape index (κ1) is 16.9. The Hall–Kier alpha value is -3.06. The zero-order valence-corrected chi connectivity index (χ0v) is 16.0. The fourth-order valence-electron chi connectivity index (χ4n) is 4.85.